The highest BCUT2D eigenvalue weighted by Gasteiger charge is 2.25. The van der Waals surface area contributed by atoms with E-state index in [2.05, 4.69) is 22.2 Å². The van der Waals surface area contributed by atoms with Crippen molar-refractivity contribution in [3.8, 4) is 0 Å². The van der Waals surface area contributed by atoms with Gasteiger partial charge in [0.15, 0.2) is 0 Å². The van der Waals surface area contributed by atoms with Crippen LogP contribution in [0.2, 0.25) is 5.02 Å². The normalized spacial score (nSPS) is 18.0. The zero-order valence-electron chi connectivity index (χ0n) is 12.5. The Morgan fingerprint density at radius 1 is 1.52 bits per heavy atom. The monoisotopic (exact) mass is 314 g/mol. The summed E-state index contributed by atoms with van der Waals surface area (Å²) < 4.78 is 1.20. The fraction of sp³-hybridized carbons (Fsp3) is 0.714. The van der Waals surface area contributed by atoms with Gasteiger partial charge in [-0.05, 0) is 32.7 Å². The molecule has 1 aliphatic heterocycles. The molecule has 6 nitrogen and oxygen atoms in total. The second kappa shape index (κ2) is 7.24. The Kier molecular flexibility index (Phi) is 5.61. The molecular formula is C14H23ClN4O2. The molecule has 0 aliphatic carbocycles. The molecule has 21 heavy (non-hydrogen) atoms. The first kappa shape index (κ1) is 16.3. The molecule has 1 aromatic rings. The lowest BCUT2D eigenvalue weighted by Crippen LogP contribution is -2.41. The van der Waals surface area contributed by atoms with Gasteiger partial charge in [0.25, 0.3) is 5.56 Å². The van der Waals surface area contributed by atoms with Crippen LogP contribution in [0.1, 0.15) is 19.8 Å². The number of nitrogens with one attached hydrogen (secondary N) is 1. The van der Waals surface area contributed by atoms with Crippen molar-refractivity contribution >= 4 is 17.3 Å². The summed E-state index contributed by atoms with van der Waals surface area (Å²) in [6.07, 6.45) is 3.76. The Morgan fingerprint density at radius 3 is 2.76 bits per heavy atom. The molecule has 0 bridgehead atoms. The highest BCUT2D eigenvalue weighted by atomic mass is 35.5. The summed E-state index contributed by atoms with van der Waals surface area (Å²) in [5, 5.41) is 16.5. The lowest BCUT2D eigenvalue weighted by atomic mass is 9.90. The minimum Gasteiger partial charge on any atom is -0.394 e. The summed E-state index contributed by atoms with van der Waals surface area (Å²) in [6, 6.07) is 0.498. The molecule has 7 heteroatoms. The summed E-state index contributed by atoms with van der Waals surface area (Å²) in [4.78, 5) is 14.2. The molecule has 2 N–H and O–H groups in total. The number of anilines is 1. The lowest BCUT2D eigenvalue weighted by molar-refractivity contribution is 0.266. The van der Waals surface area contributed by atoms with Crippen molar-refractivity contribution in [2.75, 3.05) is 31.6 Å². The van der Waals surface area contributed by atoms with Gasteiger partial charge < -0.3 is 15.3 Å². The number of halogens is 1. The van der Waals surface area contributed by atoms with Gasteiger partial charge in [-0.2, -0.15) is 5.10 Å². The summed E-state index contributed by atoms with van der Waals surface area (Å²) in [7, 11) is 1.98. The van der Waals surface area contributed by atoms with Crippen LogP contribution in [0.3, 0.4) is 0 Å². The maximum Gasteiger partial charge on any atom is 0.287 e. The van der Waals surface area contributed by atoms with E-state index in [1.807, 2.05) is 7.05 Å². The predicted molar refractivity (Wildman–Crippen MR) is 84.1 cm³/mol. The van der Waals surface area contributed by atoms with Gasteiger partial charge in [-0.25, -0.2) is 4.68 Å². The third-order valence-corrected chi connectivity index (χ3v) is 4.68. The highest BCUT2D eigenvalue weighted by molar-refractivity contribution is 6.33. The quantitative estimate of drug-likeness (QED) is 0.838. The van der Waals surface area contributed by atoms with Crippen molar-refractivity contribution in [3.05, 3.63) is 21.6 Å². The van der Waals surface area contributed by atoms with Crippen molar-refractivity contribution in [3.63, 3.8) is 0 Å². The SMILES string of the molecule is CNC(C)C1CCN(c2cnn(CCO)c(=O)c2Cl)CC1. The molecule has 1 atom stereocenters. The number of nitrogens with zero attached hydrogens (tertiary/aromatic N) is 3. The molecule has 1 saturated heterocycles. The van der Waals surface area contributed by atoms with Gasteiger partial charge >= 0.3 is 0 Å². The standard InChI is InChI=1S/C14H23ClN4O2/c1-10(16-2)11-3-5-18(6-4-11)12-9-17-19(7-8-20)14(21)13(12)15/h9-11,16,20H,3-8H2,1-2H3. The van der Waals surface area contributed by atoms with Gasteiger partial charge in [0.1, 0.15) is 5.02 Å². The molecule has 1 aromatic heterocycles. The van der Waals surface area contributed by atoms with Gasteiger partial charge in [-0.3, -0.25) is 4.79 Å². The Bertz CT molecular complexity index is 526. The Morgan fingerprint density at radius 2 is 2.19 bits per heavy atom. The molecule has 1 fully saturated rings. The average Bonchev–Trinajstić information content (AvgIpc) is 2.52. The molecule has 0 saturated carbocycles. The number of piperidine rings is 1. The zero-order chi connectivity index (χ0) is 15.4. The minimum atomic E-state index is -0.339. The first-order valence-corrected chi connectivity index (χ1v) is 7.75. The first-order valence-electron chi connectivity index (χ1n) is 7.37. The van der Waals surface area contributed by atoms with Crippen molar-refractivity contribution in [2.24, 2.45) is 5.92 Å². The minimum absolute atomic E-state index is 0.129. The van der Waals surface area contributed by atoms with Crippen LogP contribution < -0.4 is 15.8 Å². The Hall–Kier alpha value is -1.11. The first-order chi connectivity index (χ1) is 10.1. The Labute approximate surface area is 129 Å². The number of aliphatic hydroxyl groups is 1. The molecular weight excluding hydrogens is 292 g/mol. The highest BCUT2D eigenvalue weighted by Crippen LogP contribution is 2.27. The second-order valence-electron chi connectivity index (χ2n) is 5.50. The average molecular weight is 315 g/mol. The summed E-state index contributed by atoms with van der Waals surface area (Å²) in [5.41, 5.74) is 0.361. The molecule has 1 unspecified atom stereocenters. The van der Waals surface area contributed by atoms with E-state index in [0.29, 0.717) is 17.6 Å². The van der Waals surface area contributed by atoms with Gasteiger partial charge in [0, 0.05) is 19.1 Å². The molecule has 0 amide bonds. The van der Waals surface area contributed by atoms with Crippen LogP contribution in [0.25, 0.3) is 0 Å². The molecule has 118 valence electrons. The third-order valence-electron chi connectivity index (χ3n) is 4.32. The largest absolute Gasteiger partial charge is 0.394 e. The Balaban J connectivity index is 2.10. The van der Waals surface area contributed by atoms with Crippen molar-refractivity contribution in [1.29, 1.82) is 0 Å². The molecule has 1 aliphatic rings. The van der Waals surface area contributed by atoms with E-state index in [9.17, 15) is 4.79 Å². The predicted octanol–water partition coefficient (Wildman–Crippen LogP) is 0.713. The van der Waals surface area contributed by atoms with Crippen molar-refractivity contribution in [2.45, 2.75) is 32.4 Å². The van der Waals surface area contributed by atoms with E-state index in [4.69, 9.17) is 16.7 Å². The smallest absolute Gasteiger partial charge is 0.287 e. The summed E-state index contributed by atoms with van der Waals surface area (Å²) in [5.74, 6) is 0.646. The van der Waals surface area contributed by atoms with Gasteiger partial charge in [-0.1, -0.05) is 11.6 Å². The van der Waals surface area contributed by atoms with Crippen LogP contribution in [0.15, 0.2) is 11.0 Å². The number of hydrogen-bond acceptors (Lipinski definition) is 5. The van der Waals surface area contributed by atoms with E-state index in [0.717, 1.165) is 25.9 Å². The maximum atomic E-state index is 12.1. The third kappa shape index (κ3) is 3.56. The molecule has 0 radical (unpaired) electrons. The van der Waals surface area contributed by atoms with Gasteiger partial charge in [-0.15, -0.1) is 0 Å². The van der Waals surface area contributed by atoms with Crippen molar-refractivity contribution in [1.82, 2.24) is 15.1 Å². The fourth-order valence-electron chi connectivity index (χ4n) is 2.81. The van der Waals surface area contributed by atoms with Crippen molar-refractivity contribution < 1.29 is 5.11 Å². The molecule has 0 spiro atoms. The van der Waals surface area contributed by atoms with E-state index in [1.54, 1.807) is 6.20 Å². The van der Waals surface area contributed by atoms with E-state index >= 15 is 0 Å². The zero-order valence-corrected chi connectivity index (χ0v) is 13.3. The van der Waals surface area contributed by atoms with Gasteiger partial charge in [0.2, 0.25) is 0 Å². The van der Waals surface area contributed by atoms with Crippen LogP contribution >= 0.6 is 11.6 Å². The van der Waals surface area contributed by atoms with Crippen LogP contribution in [0, 0.1) is 5.92 Å². The maximum absolute atomic E-state index is 12.1. The van der Waals surface area contributed by atoms with Crippen LogP contribution in [-0.4, -0.2) is 47.7 Å². The number of aromatic nitrogens is 2. The lowest BCUT2D eigenvalue weighted by Gasteiger charge is -2.36. The summed E-state index contributed by atoms with van der Waals surface area (Å²) in [6.45, 7) is 3.99. The topological polar surface area (TPSA) is 70.4 Å². The van der Waals surface area contributed by atoms with Crippen LogP contribution in [0.4, 0.5) is 5.69 Å². The molecule has 2 heterocycles. The van der Waals surface area contributed by atoms with E-state index in [1.165, 1.54) is 4.68 Å². The van der Waals surface area contributed by atoms with Crippen LogP contribution in [-0.2, 0) is 6.54 Å². The fourth-order valence-corrected chi connectivity index (χ4v) is 3.07. The molecule has 0 aromatic carbocycles. The van der Waals surface area contributed by atoms with Gasteiger partial charge in [0.05, 0.1) is 25.0 Å². The summed E-state index contributed by atoms with van der Waals surface area (Å²) >= 11 is 6.18. The van der Waals surface area contributed by atoms with Crippen LogP contribution in [0.5, 0.6) is 0 Å². The van der Waals surface area contributed by atoms with E-state index in [-0.39, 0.29) is 23.7 Å². The van der Waals surface area contributed by atoms with E-state index < -0.39 is 0 Å². The molecule has 2 rings (SSSR count). The number of hydrogen-bond donors (Lipinski definition) is 2. The second-order valence-corrected chi connectivity index (χ2v) is 5.88. The number of aliphatic hydroxyl groups excluding tert-OH is 1. The number of rotatable bonds is 5.